The molecule has 0 bridgehead atoms. The van der Waals surface area contributed by atoms with Crippen molar-refractivity contribution in [2.75, 3.05) is 25.9 Å². The van der Waals surface area contributed by atoms with E-state index in [9.17, 15) is 8.42 Å². The lowest BCUT2D eigenvalue weighted by Gasteiger charge is -2.30. The number of benzene rings is 1. The highest BCUT2D eigenvalue weighted by atomic mass is 35.5. The zero-order valence-corrected chi connectivity index (χ0v) is 13.2. The number of nitrogen functional groups attached to an aromatic ring is 1. The maximum Gasteiger partial charge on any atom is 0.244 e. The minimum Gasteiger partial charge on any atom is -0.398 e. The molecule has 2 rings (SSSR count). The van der Waals surface area contributed by atoms with E-state index in [2.05, 4.69) is 0 Å². The fourth-order valence-corrected chi connectivity index (χ4v) is 4.38. The second-order valence-corrected chi connectivity index (χ2v) is 7.29. The van der Waals surface area contributed by atoms with E-state index in [0.717, 1.165) is 5.56 Å². The molecule has 2 N–H and O–H groups in total. The maximum absolute atomic E-state index is 12.6. The van der Waals surface area contributed by atoms with Crippen LogP contribution in [0.15, 0.2) is 17.0 Å². The van der Waals surface area contributed by atoms with Gasteiger partial charge in [-0.25, -0.2) is 8.42 Å². The SMILES string of the molecule is COC1CCN(S(=O)(=O)c2cc(N)c(C)cc2Cl)CC1. The van der Waals surface area contributed by atoms with E-state index in [1.165, 1.54) is 10.4 Å². The normalized spacial score (nSPS) is 18.4. The summed E-state index contributed by atoms with van der Waals surface area (Å²) in [5.41, 5.74) is 7.00. The second-order valence-electron chi connectivity index (χ2n) is 4.98. The number of hydrogen-bond donors (Lipinski definition) is 1. The van der Waals surface area contributed by atoms with Crippen LogP contribution in [0.4, 0.5) is 5.69 Å². The number of hydrogen-bond acceptors (Lipinski definition) is 4. The Hall–Kier alpha value is -0.820. The molecule has 0 aliphatic carbocycles. The van der Waals surface area contributed by atoms with Crippen molar-refractivity contribution >= 4 is 27.3 Å². The zero-order chi connectivity index (χ0) is 14.9. The lowest BCUT2D eigenvalue weighted by atomic mass is 10.1. The lowest BCUT2D eigenvalue weighted by molar-refractivity contribution is 0.0604. The highest BCUT2D eigenvalue weighted by Crippen LogP contribution is 2.30. The largest absolute Gasteiger partial charge is 0.398 e. The van der Waals surface area contributed by atoms with Crippen LogP contribution in [0.25, 0.3) is 0 Å². The maximum atomic E-state index is 12.6. The summed E-state index contributed by atoms with van der Waals surface area (Å²) in [7, 11) is -1.95. The monoisotopic (exact) mass is 318 g/mol. The number of anilines is 1. The van der Waals surface area contributed by atoms with Crippen molar-refractivity contribution in [3.8, 4) is 0 Å². The third-order valence-corrected chi connectivity index (χ3v) is 6.04. The first kappa shape index (κ1) is 15.6. The summed E-state index contributed by atoms with van der Waals surface area (Å²) in [4.78, 5) is 0.0816. The Labute approximate surface area is 124 Å². The Bertz CT molecular complexity index is 596. The third kappa shape index (κ3) is 2.93. The highest BCUT2D eigenvalue weighted by molar-refractivity contribution is 7.89. The molecule has 0 amide bonds. The molecule has 1 aliphatic heterocycles. The van der Waals surface area contributed by atoms with Gasteiger partial charge in [0.05, 0.1) is 11.1 Å². The molecule has 7 heteroatoms. The average Bonchev–Trinajstić information content (AvgIpc) is 2.42. The predicted molar refractivity (Wildman–Crippen MR) is 79.4 cm³/mol. The number of nitrogens with two attached hydrogens (primary N) is 1. The Morgan fingerprint density at radius 3 is 2.50 bits per heavy atom. The van der Waals surface area contributed by atoms with Crippen LogP contribution in [0, 0.1) is 6.92 Å². The molecule has 20 heavy (non-hydrogen) atoms. The first-order valence-electron chi connectivity index (χ1n) is 6.45. The van der Waals surface area contributed by atoms with E-state index < -0.39 is 10.0 Å². The number of nitrogens with zero attached hydrogens (tertiary/aromatic N) is 1. The molecular formula is C13H19ClN2O3S. The minimum atomic E-state index is -3.60. The molecular weight excluding hydrogens is 300 g/mol. The number of ether oxygens (including phenoxy) is 1. The number of piperidine rings is 1. The molecule has 1 heterocycles. The molecule has 1 saturated heterocycles. The summed E-state index contributed by atoms with van der Waals surface area (Å²) in [6.45, 7) is 2.66. The minimum absolute atomic E-state index is 0.0816. The topological polar surface area (TPSA) is 72.6 Å². The third-order valence-electron chi connectivity index (χ3n) is 3.67. The van der Waals surface area contributed by atoms with Gasteiger partial charge in [-0.05, 0) is 37.5 Å². The molecule has 0 atom stereocenters. The van der Waals surface area contributed by atoms with Gasteiger partial charge >= 0.3 is 0 Å². The average molecular weight is 319 g/mol. The fourth-order valence-electron chi connectivity index (χ4n) is 2.31. The molecule has 1 aromatic rings. The smallest absolute Gasteiger partial charge is 0.244 e. The second kappa shape index (κ2) is 5.89. The standard InChI is InChI=1S/C13H19ClN2O3S/c1-9-7-11(14)13(8-12(9)15)20(17,18)16-5-3-10(19-2)4-6-16/h7-8,10H,3-6,15H2,1-2H3. The van der Waals surface area contributed by atoms with Crippen LogP contribution in [0.2, 0.25) is 5.02 Å². The van der Waals surface area contributed by atoms with E-state index in [4.69, 9.17) is 22.1 Å². The van der Waals surface area contributed by atoms with Crippen LogP contribution < -0.4 is 5.73 Å². The van der Waals surface area contributed by atoms with Crippen LogP contribution in [0.3, 0.4) is 0 Å². The summed E-state index contributed by atoms with van der Waals surface area (Å²) in [6, 6.07) is 3.03. The van der Waals surface area contributed by atoms with Crippen molar-refractivity contribution in [1.29, 1.82) is 0 Å². The van der Waals surface area contributed by atoms with Crippen molar-refractivity contribution in [1.82, 2.24) is 4.31 Å². The molecule has 1 aliphatic rings. The van der Waals surface area contributed by atoms with E-state index in [-0.39, 0.29) is 16.0 Å². The number of aryl methyl sites for hydroxylation is 1. The van der Waals surface area contributed by atoms with Crippen molar-refractivity contribution in [3.63, 3.8) is 0 Å². The summed E-state index contributed by atoms with van der Waals surface area (Å²) < 4.78 is 31.9. The van der Waals surface area contributed by atoms with Gasteiger partial charge in [-0.1, -0.05) is 11.6 Å². The highest BCUT2D eigenvalue weighted by Gasteiger charge is 2.31. The van der Waals surface area contributed by atoms with Gasteiger partial charge in [0.1, 0.15) is 4.90 Å². The molecule has 0 unspecified atom stereocenters. The number of halogens is 1. The lowest BCUT2D eigenvalue weighted by Crippen LogP contribution is -2.40. The molecule has 0 spiro atoms. The van der Waals surface area contributed by atoms with Crippen LogP contribution in [-0.4, -0.2) is 39.0 Å². The van der Waals surface area contributed by atoms with Gasteiger partial charge in [-0.3, -0.25) is 0 Å². The van der Waals surface area contributed by atoms with Gasteiger partial charge in [0.15, 0.2) is 0 Å². The molecule has 0 radical (unpaired) electrons. The van der Waals surface area contributed by atoms with E-state index in [1.54, 1.807) is 20.1 Å². The predicted octanol–water partition coefficient (Wildman–Crippen LogP) is 2.03. The van der Waals surface area contributed by atoms with E-state index in [1.807, 2.05) is 0 Å². The Kier molecular flexibility index (Phi) is 4.59. The molecule has 112 valence electrons. The van der Waals surface area contributed by atoms with Crippen LogP contribution in [0.1, 0.15) is 18.4 Å². The molecule has 0 saturated carbocycles. The van der Waals surface area contributed by atoms with Gasteiger partial charge in [-0.15, -0.1) is 0 Å². The van der Waals surface area contributed by atoms with Crippen LogP contribution in [-0.2, 0) is 14.8 Å². The molecule has 1 fully saturated rings. The summed E-state index contributed by atoms with van der Waals surface area (Å²) in [5, 5.41) is 0.213. The van der Waals surface area contributed by atoms with Crippen molar-refractivity contribution < 1.29 is 13.2 Å². The van der Waals surface area contributed by atoms with Crippen LogP contribution >= 0.6 is 11.6 Å². The fraction of sp³-hybridized carbons (Fsp3) is 0.538. The first-order chi connectivity index (χ1) is 9.36. The van der Waals surface area contributed by atoms with Crippen LogP contribution in [0.5, 0.6) is 0 Å². The zero-order valence-electron chi connectivity index (χ0n) is 11.6. The van der Waals surface area contributed by atoms with Gasteiger partial charge < -0.3 is 10.5 Å². The van der Waals surface area contributed by atoms with Gasteiger partial charge in [0, 0.05) is 25.9 Å². The summed E-state index contributed by atoms with van der Waals surface area (Å²) in [5.74, 6) is 0. The summed E-state index contributed by atoms with van der Waals surface area (Å²) >= 11 is 6.08. The number of rotatable bonds is 3. The van der Waals surface area contributed by atoms with Gasteiger partial charge in [-0.2, -0.15) is 4.31 Å². The number of methoxy groups -OCH3 is 1. The molecule has 1 aromatic carbocycles. The van der Waals surface area contributed by atoms with Gasteiger partial charge in [0.25, 0.3) is 0 Å². The summed E-state index contributed by atoms with van der Waals surface area (Å²) in [6.07, 6.45) is 1.50. The number of sulfonamides is 1. The van der Waals surface area contributed by atoms with Gasteiger partial charge in [0.2, 0.25) is 10.0 Å². The van der Waals surface area contributed by atoms with Crippen molar-refractivity contribution in [2.45, 2.75) is 30.8 Å². The molecule has 5 nitrogen and oxygen atoms in total. The Morgan fingerprint density at radius 1 is 1.35 bits per heavy atom. The van der Waals surface area contributed by atoms with Crippen molar-refractivity contribution in [2.24, 2.45) is 0 Å². The first-order valence-corrected chi connectivity index (χ1v) is 8.26. The molecule has 0 aromatic heterocycles. The van der Waals surface area contributed by atoms with Crippen molar-refractivity contribution in [3.05, 3.63) is 22.7 Å². The van der Waals surface area contributed by atoms with E-state index in [0.29, 0.717) is 31.6 Å². The van der Waals surface area contributed by atoms with E-state index >= 15 is 0 Å². The Morgan fingerprint density at radius 2 is 1.95 bits per heavy atom. The Balaban J connectivity index is 2.30. The quantitative estimate of drug-likeness (QED) is 0.865.